The lowest BCUT2D eigenvalue weighted by Crippen LogP contribution is -1.99. The van der Waals surface area contributed by atoms with Crippen LogP contribution in [0.2, 0.25) is 5.02 Å². The number of aromatic amines is 1. The monoisotopic (exact) mass is 269 g/mol. The third kappa shape index (κ3) is 1.82. The molecular formula is C15H12ClN3. The molecule has 0 unspecified atom stereocenters. The molecule has 4 heteroatoms. The van der Waals surface area contributed by atoms with Gasteiger partial charge >= 0.3 is 0 Å². The number of benzene rings is 2. The van der Waals surface area contributed by atoms with E-state index in [0.29, 0.717) is 0 Å². The molecule has 1 aromatic heterocycles. The number of imidazole rings is 1. The van der Waals surface area contributed by atoms with Gasteiger partial charge < -0.3 is 10.3 Å². The Balaban J connectivity index is 1.85. The summed E-state index contributed by atoms with van der Waals surface area (Å²) in [6, 6.07) is 12.2. The van der Waals surface area contributed by atoms with Crippen LogP contribution in [0.4, 0.5) is 0 Å². The minimum absolute atomic E-state index is 0.723. The van der Waals surface area contributed by atoms with Gasteiger partial charge in [0.05, 0.1) is 11.0 Å². The molecule has 2 aromatic carbocycles. The summed E-state index contributed by atoms with van der Waals surface area (Å²) in [6.07, 6.45) is 0. The summed E-state index contributed by atoms with van der Waals surface area (Å²) < 4.78 is 0. The van der Waals surface area contributed by atoms with Crippen molar-refractivity contribution in [2.45, 2.75) is 13.1 Å². The van der Waals surface area contributed by atoms with Gasteiger partial charge in [-0.1, -0.05) is 23.7 Å². The molecule has 4 rings (SSSR count). The Kier molecular flexibility index (Phi) is 2.37. The Bertz CT molecular complexity index is 776. The second kappa shape index (κ2) is 4.08. The lowest BCUT2D eigenvalue weighted by atomic mass is 10.1. The molecule has 0 fully saturated rings. The topological polar surface area (TPSA) is 40.7 Å². The fraction of sp³-hybridized carbons (Fsp3) is 0.133. The van der Waals surface area contributed by atoms with Crippen molar-refractivity contribution in [3.63, 3.8) is 0 Å². The number of nitrogens with zero attached hydrogens (tertiary/aromatic N) is 1. The highest BCUT2D eigenvalue weighted by Gasteiger charge is 2.12. The number of halogens is 1. The molecule has 19 heavy (non-hydrogen) atoms. The maximum atomic E-state index is 5.99. The van der Waals surface area contributed by atoms with Crippen LogP contribution in [0.25, 0.3) is 22.4 Å². The Morgan fingerprint density at radius 3 is 2.84 bits per heavy atom. The summed E-state index contributed by atoms with van der Waals surface area (Å²) in [4.78, 5) is 7.94. The predicted molar refractivity (Wildman–Crippen MR) is 77.1 cm³/mol. The molecule has 0 saturated carbocycles. The second-order valence-corrected chi connectivity index (χ2v) is 5.27. The maximum Gasteiger partial charge on any atom is 0.138 e. The van der Waals surface area contributed by atoms with E-state index in [1.807, 2.05) is 18.2 Å². The summed E-state index contributed by atoms with van der Waals surface area (Å²) in [5, 5.41) is 4.08. The van der Waals surface area contributed by atoms with Crippen LogP contribution < -0.4 is 5.32 Å². The van der Waals surface area contributed by atoms with Crippen LogP contribution >= 0.6 is 11.6 Å². The summed E-state index contributed by atoms with van der Waals surface area (Å²) in [7, 11) is 0. The predicted octanol–water partition coefficient (Wildman–Crippen LogP) is 3.49. The number of H-pyrrole nitrogens is 1. The molecular weight excluding hydrogens is 258 g/mol. The number of aromatic nitrogens is 2. The molecule has 0 spiro atoms. The molecule has 3 aromatic rings. The molecule has 1 aliphatic rings. The van der Waals surface area contributed by atoms with E-state index in [9.17, 15) is 0 Å². The van der Waals surface area contributed by atoms with Gasteiger partial charge in [-0.15, -0.1) is 0 Å². The van der Waals surface area contributed by atoms with E-state index in [-0.39, 0.29) is 0 Å². The van der Waals surface area contributed by atoms with E-state index < -0.39 is 0 Å². The summed E-state index contributed by atoms with van der Waals surface area (Å²) >= 11 is 5.99. The van der Waals surface area contributed by atoms with Crippen molar-refractivity contribution >= 4 is 22.6 Å². The molecule has 2 heterocycles. The number of hydrogen-bond acceptors (Lipinski definition) is 2. The van der Waals surface area contributed by atoms with Gasteiger partial charge in [-0.25, -0.2) is 4.98 Å². The van der Waals surface area contributed by atoms with Gasteiger partial charge in [0.25, 0.3) is 0 Å². The van der Waals surface area contributed by atoms with Crippen molar-refractivity contribution < 1.29 is 0 Å². The van der Waals surface area contributed by atoms with Crippen molar-refractivity contribution in [2.75, 3.05) is 0 Å². The van der Waals surface area contributed by atoms with Gasteiger partial charge in [0.1, 0.15) is 5.82 Å². The molecule has 0 saturated heterocycles. The van der Waals surface area contributed by atoms with Crippen LogP contribution in [0.3, 0.4) is 0 Å². The molecule has 0 atom stereocenters. The number of rotatable bonds is 1. The van der Waals surface area contributed by atoms with Gasteiger partial charge in [0.2, 0.25) is 0 Å². The zero-order valence-corrected chi connectivity index (χ0v) is 11.0. The zero-order valence-electron chi connectivity index (χ0n) is 10.2. The third-order valence-electron chi connectivity index (χ3n) is 3.55. The second-order valence-electron chi connectivity index (χ2n) is 4.83. The molecule has 0 aliphatic carbocycles. The fourth-order valence-corrected chi connectivity index (χ4v) is 2.73. The van der Waals surface area contributed by atoms with Crippen LogP contribution in [-0.2, 0) is 13.1 Å². The highest BCUT2D eigenvalue weighted by Crippen LogP contribution is 2.26. The Morgan fingerprint density at radius 2 is 1.89 bits per heavy atom. The minimum Gasteiger partial charge on any atom is -0.338 e. The first-order valence-corrected chi connectivity index (χ1v) is 6.65. The number of fused-ring (bicyclic) bond motifs is 2. The zero-order chi connectivity index (χ0) is 12.8. The first-order chi connectivity index (χ1) is 9.29. The largest absolute Gasteiger partial charge is 0.338 e. The van der Waals surface area contributed by atoms with E-state index in [1.165, 1.54) is 11.1 Å². The van der Waals surface area contributed by atoms with Crippen LogP contribution in [0.15, 0.2) is 36.4 Å². The molecule has 0 amide bonds. The molecule has 3 nitrogen and oxygen atoms in total. The Morgan fingerprint density at radius 1 is 1.00 bits per heavy atom. The summed E-state index contributed by atoms with van der Waals surface area (Å²) in [6.45, 7) is 1.90. The molecule has 2 N–H and O–H groups in total. The minimum atomic E-state index is 0.723. The smallest absolute Gasteiger partial charge is 0.138 e. The highest BCUT2D eigenvalue weighted by molar-refractivity contribution is 6.31. The van der Waals surface area contributed by atoms with Crippen molar-refractivity contribution in [2.24, 2.45) is 0 Å². The first-order valence-electron chi connectivity index (χ1n) is 6.28. The van der Waals surface area contributed by atoms with Crippen molar-refractivity contribution in [1.82, 2.24) is 15.3 Å². The molecule has 0 bridgehead atoms. The van der Waals surface area contributed by atoms with Crippen LogP contribution in [0.1, 0.15) is 11.1 Å². The van der Waals surface area contributed by atoms with Gasteiger partial charge in [0, 0.05) is 23.7 Å². The van der Waals surface area contributed by atoms with E-state index in [2.05, 4.69) is 33.5 Å². The number of hydrogen-bond donors (Lipinski definition) is 2. The standard InChI is InChI=1S/C15H12ClN3/c16-12-3-4-13-14(6-12)19-15(18-13)9-1-2-10-7-17-8-11(10)5-9/h1-6,17H,7-8H2,(H,18,19). The average Bonchev–Trinajstić information content (AvgIpc) is 3.02. The lowest BCUT2D eigenvalue weighted by molar-refractivity contribution is 0.765. The van der Waals surface area contributed by atoms with Gasteiger partial charge in [0.15, 0.2) is 0 Å². The van der Waals surface area contributed by atoms with Crippen LogP contribution in [-0.4, -0.2) is 9.97 Å². The fourth-order valence-electron chi connectivity index (χ4n) is 2.56. The summed E-state index contributed by atoms with van der Waals surface area (Å²) in [5.41, 5.74) is 5.77. The van der Waals surface area contributed by atoms with Gasteiger partial charge in [-0.2, -0.15) is 0 Å². The Labute approximate surface area is 115 Å². The van der Waals surface area contributed by atoms with Crippen molar-refractivity contribution in [1.29, 1.82) is 0 Å². The van der Waals surface area contributed by atoms with Crippen molar-refractivity contribution in [3.05, 3.63) is 52.5 Å². The van der Waals surface area contributed by atoms with Crippen LogP contribution in [0, 0.1) is 0 Å². The average molecular weight is 270 g/mol. The molecule has 0 radical (unpaired) electrons. The molecule has 94 valence electrons. The van der Waals surface area contributed by atoms with E-state index in [0.717, 1.165) is 40.5 Å². The molecule has 1 aliphatic heterocycles. The van der Waals surface area contributed by atoms with E-state index in [4.69, 9.17) is 11.6 Å². The number of nitrogens with one attached hydrogen (secondary N) is 2. The van der Waals surface area contributed by atoms with E-state index in [1.54, 1.807) is 0 Å². The van der Waals surface area contributed by atoms with E-state index >= 15 is 0 Å². The Hall–Kier alpha value is -1.84. The lowest BCUT2D eigenvalue weighted by Gasteiger charge is -2.01. The summed E-state index contributed by atoms with van der Waals surface area (Å²) in [5.74, 6) is 0.895. The maximum absolute atomic E-state index is 5.99. The first kappa shape index (κ1) is 11.0. The van der Waals surface area contributed by atoms with Gasteiger partial charge in [-0.05, 0) is 35.4 Å². The van der Waals surface area contributed by atoms with Gasteiger partial charge in [-0.3, -0.25) is 0 Å². The van der Waals surface area contributed by atoms with Crippen molar-refractivity contribution in [3.8, 4) is 11.4 Å². The van der Waals surface area contributed by atoms with Crippen LogP contribution in [0.5, 0.6) is 0 Å². The highest BCUT2D eigenvalue weighted by atomic mass is 35.5. The third-order valence-corrected chi connectivity index (χ3v) is 3.79. The SMILES string of the molecule is Clc1ccc2nc(-c3ccc4c(c3)CNC4)[nH]c2c1. The quantitative estimate of drug-likeness (QED) is 0.710. The normalized spacial score (nSPS) is 13.9.